The maximum Gasteiger partial charge on any atom is 0.0492 e. The summed E-state index contributed by atoms with van der Waals surface area (Å²) in [4.78, 5) is 0. The SMILES string of the molecule is CC[C@@H]1C[C@H](CC)[C@@H]2[C@H]1[C@@H](CC)[C@]2(CC)CO. The number of aliphatic hydroxyl groups is 1. The molecular weight excluding hydrogens is 208 g/mol. The molecule has 0 amide bonds. The number of hydrogen-bond acceptors (Lipinski definition) is 1. The van der Waals surface area contributed by atoms with E-state index in [0.717, 1.165) is 29.6 Å². The van der Waals surface area contributed by atoms with Crippen molar-refractivity contribution in [2.75, 3.05) is 6.61 Å². The molecule has 0 bridgehead atoms. The molecule has 0 spiro atoms. The first kappa shape index (κ1) is 13.4. The number of hydrogen-bond donors (Lipinski definition) is 1. The van der Waals surface area contributed by atoms with Gasteiger partial charge in [-0.05, 0) is 47.8 Å². The Morgan fingerprint density at radius 3 is 2.06 bits per heavy atom. The lowest BCUT2D eigenvalue weighted by molar-refractivity contribution is -0.167. The topological polar surface area (TPSA) is 20.2 Å². The molecule has 0 aliphatic heterocycles. The molecule has 1 nitrogen and oxygen atoms in total. The van der Waals surface area contributed by atoms with Crippen LogP contribution in [0.5, 0.6) is 0 Å². The van der Waals surface area contributed by atoms with Crippen LogP contribution in [0.15, 0.2) is 0 Å². The Labute approximate surface area is 107 Å². The highest BCUT2D eigenvalue weighted by Gasteiger charge is 2.65. The summed E-state index contributed by atoms with van der Waals surface area (Å²) >= 11 is 0. The summed E-state index contributed by atoms with van der Waals surface area (Å²) in [5.74, 6) is 4.39. The molecule has 0 aromatic heterocycles. The molecule has 0 unspecified atom stereocenters. The average molecular weight is 238 g/mol. The van der Waals surface area contributed by atoms with Crippen LogP contribution in [0, 0.1) is 35.0 Å². The van der Waals surface area contributed by atoms with Gasteiger partial charge in [-0.3, -0.25) is 0 Å². The fourth-order valence-corrected chi connectivity index (χ4v) is 5.61. The van der Waals surface area contributed by atoms with Crippen molar-refractivity contribution in [1.29, 1.82) is 0 Å². The van der Waals surface area contributed by atoms with E-state index in [0.29, 0.717) is 6.61 Å². The molecule has 2 rings (SSSR count). The number of fused-ring (bicyclic) bond motifs is 1. The van der Waals surface area contributed by atoms with E-state index in [2.05, 4.69) is 27.7 Å². The molecule has 2 aliphatic carbocycles. The second kappa shape index (κ2) is 4.91. The largest absolute Gasteiger partial charge is 0.396 e. The highest BCUT2D eigenvalue weighted by molar-refractivity contribution is 5.13. The quantitative estimate of drug-likeness (QED) is 0.764. The minimum Gasteiger partial charge on any atom is -0.396 e. The lowest BCUT2D eigenvalue weighted by Gasteiger charge is -2.61. The third kappa shape index (κ3) is 1.61. The second-order valence-corrected chi connectivity index (χ2v) is 6.44. The van der Waals surface area contributed by atoms with Gasteiger partial charge in [0.25, 0.3) is 0 Å². The standard InChI is InChI=1S/C16H30O/c1-5-11-9-12(6-2)15-14(11)13(7-3)16(15,8-4)10-17/h11-15,17H,5-10H2,1-4H3/t11-,12+,13-,14-,15-,16+/m1/s1. The van der Waals surface area contributed by atoms with Crippen LogP contribution in [0.3, 0.4) is 0 Å². The Hall–Kier alpha value is -0.0400. The van der Waals surface area contributed by atoms with E-state index >= 15 is 0 Å². The van der Waals surface area contributed by atoms with Gasteiger partial charge in [0.1, 0.15) is 0 Å². The molecule has 1 heteroatoms. The van der Waals surface area contributed by atoms with Gasteiger partial charge in [-0.25, -0.2) is 0 Å². The van der Waals surface area contributed by atoms with E-state index in [1.54, 1.807) is 0 Å². The molecule has 1 N–H and O–H groups in total. The van der Waals surface area contributed by atoms with Crippen molar-refractivity contribution >= 4 is 0 Å². The third-order valence-corrected chi connectivity index (χ3v) is 6.38. The van der Waals surface area contributed by atoms with Crippen LogP contribution in [0.1, 0.15) is 59.8 Å². The summed E-state index contributed by atoms with van der Waals surface area (Å²) in [5.41, 5.74) is 0.282. The van der Waals surface area contributed by atoms with Crippen LogP contribution in [0.4, 0.5) is 0 Å². The molecule has 2 aliphatic rings. The number of rotatable bonds is 5. The van der Waals surface area contributed by atoms with Gasteiger partial charge in [0.15, 0.2) is 0 Å². The van der Waals surface area contributed by atoms with Crippen molar-refractivity contribution in [2.45, 2.75) is 59.8 Å². The van der Waals surface area contributed by atoms with Crippen LogP contribution in [0.25, 0.3) is 0 Å². The Kier molecular flexibility index (Phi) is 3.87. The Morgan fingerprint density at radius 2 is 1.65 bits per heavy atom. The molecule has 0 radical (unpaired) electrons. The first-order valence-electron chi connectivity index (χ1n) is 7.80. The van der Waals surface area contributed by atoms with Crippen molar-refractivity contribution in [2.24, 2.45) is 35.0 Å². The maximum atomic E-state index is 9.96. The smallest absolute Gasteiger partial charge is 0.0492 e. The summed E-state index contributed by atoms with van der Waals surface area (Å²) in [6.07, 6.45) is 6.54. The molecule has 0 aromatic rings. The summed E-state index contributed by atoms with van der Waals surface area (Å²) in [6, 6.07) is 0. The zero-order chi connectivity index (χ0) is 12.6. The second-order valence-electron chi connectivity index (χ2n) is 6.44. The Balaban J connectivity index is 2.27. The van der Waals surface area contributed by atoms with E-state index in [1.165, 1.54) is 32.1 Å². The van der Waals surface area contributed by atoms with Gasteiger partial charge in [-0.2, -0.15) is 0 Å². The summed E-state index contributed by atoms with van der Waals surface area (Å²) in [6.45, 7) is 9.75. The normalized spacial score (nSPS) is 48.9. The van der Waals surface area contributed by atoms with Crippen LogP contribution >= 0.6 is 0 Å². The maximum absolute atomic E-state index is 9.96. The van der Waals surface area contributed by atoms with Gasteiger partial charge >= 0.3 is 0 Å². The molecule has 6 atom stereocenters. The summed E-state index contributed by atoms with van der Waals surface area (Å²) in [7, 11) is 0. The van der Waals surface area contributed by atoms with E-state index in [-0.39, 0.29) is 5.41 Å². The number of aliphatic hydroxyl groups excluding tert-OH is 1. The lowest BCUT2D eigenvalue weighted by Crippen LogP contribution is -2.59. The van der Waals surface area contributed by atoms with Gasteiger partial charge in [0.2, 0.25) is 0 Å². The van der Waals surface area contributed by atoms with Gasteiger partial charge in [-0.15, -0.1) is 0 Å². The third-order valence-electron chi connectivity index (χ3n) is 6.38. The van der Waals surface area contributed by atoms with Crippen molar-refractivity contribution in [3.8, 4) is 0 Å². The Morgan fingerprint density at radius 1 is 1.00 bits per heavy atom. The van der Waals surface area contributed by atoms with E-state index in [9.17, 15) is 5.11 Å². The zero-order valence-corrected chi connectivity index (χ0v) is 12.1. The summed E-state index contributed by atoms with van der Waals surface area (Å²) in [5, 5.41) is 9.96. The van der Waals surface area contributed by atoms with Crippen LogP contribution < -0.4 is 0 Å². The zero-order valence-electron chi connectivity index (χ0n) is 12.1. The molecule has 2 saturated carbocycles. The highest BCUT2D eigenvalue weighted by atomic mass is 16.3. The molecule has 2 fully saturated rings. The molecule has 0 heterocycles. The van der Waals surface area contributed by atoms with Crippen molar-refractivity contribution in [3.05, 3.63) is 0 Å². The first-order valence-corrected chi connectivity index (χ1v) is 7.80. The van der Waals surface area contributed by atoms with Gasteiger partial charge in [0, 0.05) is 6.61 Å². The predicted molar refractivity (Wildman–Crippen MR) is 72.7 cm³/mol. The first-order chi connectivity index (χ1) is 8.19. The highest BCUT2D eigenvalue weighted by Crippen LogP contribution is 2.69. The molecule has 100 valence electrons. The molecular formula is C16H30O. The van der Waals surface area contributed by atoms with E-state index in [1.807, 2.05) is 0 Å². The average Bonchev–Trinajstić information content (AvgIpc) is 2.67. The molecule has 17 heavy (non-hydrogen) atoms. The minimum absolute atomic E-state index is 0.282. The van der Waals surface area contributed by atoms with Gasteiger partial charge in [-0.1, -0.05) is 47.0 Å². The van der Waals surface area contributed by atoms with Crippen molar-refractivity contribution in [1.82, 2.24) is 0 Å². The molecule has 0 aromatic carbocycles. The predicted octanol–water partition coefficient (Wildman–Crippen LogP) is 4.10. The summed E-state index contributed by atoms with van der Waals surface area (Å²) < 4.78 is 0. The van der Waals surface area contributed by atoms with Crippen LogP contribution in [0.2, 0.25) is 0 Å². The fourth-order valence-electron chi connectivity index (χ4n) is 5.61. The van der Waals surface area contributed by atoms with Gasteiger partial charge in [0.05, 0.1) is 0 Å². The molecule has 0 saturated heterocycles. The van der Waals surface area contributed by atoms with E-state index < -0.39 is 0 Å². The monoisotopic (exact) mass is 238 g/mol. The van der Waals surface area contributed by atoms with Crippen molar-refractivity contribution < 1.29 is 5.11 Å². The van der Waals surface area contributed by atoms with Gasteiger partial charge < -0.3 is 5.11 Å². The fraction of sp³-hybridized carbons (Fsp3) is 1.00. The van der Waals surface area contributed by atoms with Crippen molar-refractivity contribution in [3.63, 3.8) is 0 Å². The lowest BCUT2D eigenvalue weighted by atomic mass is 9.43. The van der Waals surface area contributed by atoms with Crippen LogP contribution in [-0.2, 0) is 0 Å². The minimum atomic E-state index is 0.282. The Bertz CT molecular complexity index is 256. The van der Waals surface area contributed by atoms with E-state index in [4.69, 9.17) is 0 Å². The van der Waals surface area contributed by atoms with Crippen LogP contribution in [-0.4, -0.2) is 11.7 Å².